The lowest BCUT2D eigenvalue weighted by Crippen LogP contribution is -2.42. The van der Waals surface area contributed by atoms with Crippen molar-refractivity contribution < 1.29 is 24.3 Å². The molecule has 0 aromatic carbocycles. The molecule has 5 atom stereocenters. The second-order valence-electron chi connectivity index (χ2n) is 7.46. The Hall–Kier alpha value is -1.59. The molecule has 0 spiro atoms. The van der Waals surface area contributed by atoms with Crippen molar-refractivity contribution >= 4 is 17.7 Å². The van der Waals surface area contributed by atoms with Crippen LogP contribution in [-0.2, 0) is 19.1 Å². The van der Waals surface area contributed by atoms with Gasteiger partial charge in [-0.3, -0.25) is 4.79 Å². The summed E-state index contributed by atoms with van der Waals surface area (Å²) in [6.45, 7) is 8.47. The highest BCUT2D eigenvalue weighted by Crippen LogP contribution is 2.45. The van der Waals surface area contributed by atoms with Crippen molar-refractivity contribution in [1.82, 2.24) is 0 Å². The molecule has 136 valence electrons. The van der Waals surface area contributed by atoms with Crippen molar-refractivity contribution in [2.45, 2.75) is 59.5 Å². The first kappa shape index (κ1) is 18.7. The quantitative estimate of drug-likeness (QED) is 0.360. The predicted molar refractivity (Wildman–Crippen MR) is 88.7 cm³/mol. The zero-order valence-electron chi connectivity index (χ0n) is 15.0. The van der Waals surface area contributed by atoms with E-state index in [1.807, 2.05) is 0 Å². The molecule has 6 nitrogen and oxygen atoms in total. The molecule has 2 aliphatic rings. The second kappa shape index (κ2) is 7.99. The van der Waals surface area contributed by atoms with Crippen molar-refractivity contribution in [3.63, 3.8) is 0 Å². The molecule has 0 radical (unpaired) electrons. The van der Waals surface area contributed by atoms with E-state index in [9.17, 15) is 14.8 Å². The van der Waals surface area contributed by atoms with Crippen LogP contribution < -0.4 is 0 Å². The van der Waals surface area contributed by atoms with Gasteiger partial charge in [-0.05, 0) is 43.4 Å². The lowest BCUT2D eigenvalue weighted by Gasteiger charge is -2.41. The average Bonchev–Trinajstić information content (AvgIpc) is 2.89. The molecule has 1 heterocycles. The van der Waals surface area contributed by atoms with Gasteiger partial charge in [-0.25, -0.2) is 4.79 Å². The van der Waals surface area contributed by atoms with Crippen molar-refractivity contribution in [3.8, 4) is 0 Å². The van der Waals surface area contributed by atoms with E-state index in [1.165, 1.54) is 6.42 Å². The number of nitrogens with zero attached hydrogens (tertiary/aromatic N) is 1. The summed E-state index contributed by atoms with van der Waals surface area (Å²) in [7, 11) is 0. The van der Waals surface area contributed by atoms with Gasteiger partial charge in [0, 0.05) is 0 Å². The maximum absolute atomic E-state index is 12.1. The fourth-order valence-corrected chi connectivity index (χ4v) is 4.34. The molecule has 1 saturated heterocycles. The molecule has 0 amide bonds. The van der Waals surface area contributed by atoms with Crippen LogP contribution in [0, 0.1) is 29.6 Å². The number of hydrogen-bond acceptors (Lipinski definition) is 6. The van der Waals surface area contributed by atoms with Gasteiger partial charge in [0.15, 0.2) is 5.71 Å². The van der Waals surface area contributed by atoms with Crippen LogP contribution in [0.15, 0.2) is 5.16 Å². The second-order valence-corrected chi connectivity index (χ2v) is 7.46. The van der Waals surface area contributed by atoms with Crippen LogP contribution in [0.25, 0.3) is 0 Å². The molecule has 2 fully saturated rings. The Bertz CT molecular complexity index is 502. The van der Waals surface area contributed by atoms with E-state index >= 15 is 0 Å². The fourth-order valence-electron chi connectivity index (χ4n) is 4.34. The van der Waals surface area contributed by atoms with E-state index in [0.29, 0.717) is 17.8 Å². The molecule has 2 rings (SSSR count). The van der Waals surface area contributed by atoms with Crippen LogP contribution in [0.1, 0.15) is 53.4 Å². The van der Waals surface area contributed by atoms with E-state index in [0.717, 1.165) is 12.8 Å². The number of carbonyl (C=O) groups excluding carboxylic acids is 2. The zero-order chi connectivity index (χ0) is 17.9. The molecule has 0 aromatic heterocycles. The smallest absolute Gasteiger partial charge is 0.356 e. The first-order valence-electron chi connectivity index (χ1n) is 8.97. The van der Waals surface area contributed by atoms with Crippen LogP contribution in [0.2, 0.25) is 0 Å². The van der Waals surface area contributed by atoms with Crippen molar-refractivity contribution in [2.24, 2.45) is 34.7 Å². The number of hydrogen-bond donors (Lipinski definition) is 1. The van der Waals surface area contributed by atoms with Gasteiger partial charge >= 0.3 is 11.9 Å². The van der Waals surface area contributed by atoms with Crippen molar-refractivity contribution in [3.05, 3.63) is 0 Å². The Balaban J connectivity index is 2.27. The average molecular weight is 339 g/mol. The van der Waals surface area contributed by atoms with Gasteiger partial charge in [0.25, 0.3) is 0 Å². The molecule has 1 aliphatic carbocycles. The van der Waals surface area contributed by atoms with Gasteiger partial charge in [0.1, 0.15) is 6.10 Å². The maximum atomic E-state index is 12.1. The summed E-state index contributed by atoms with van der Waals surface area (Å²) in [4.78, 5) is 24.1. The molecule has 6 heteroatoms. The van der Waals surface area contributed by atoms with Crippen LogP contribution >= 0.6 is 0 Å². The topological polar surface area (TPSA) is 85.2 Å². The monoisotopic (exact) mass is 339 g/mol. The third kappa shape index (κ3) is 3.90. The SMILES string of the molecule is CCOC(=O)/C(=N\O)[C@@H]1CC(=O)O[C@H]1C1CC(C)CCC1C(C)C. The Morgan fingerprint density at radius 2 is 2.12 bits per heavy atom. The number of ether oxygens (including phenoxy) is 2. The van der Waals surface area contributed by atoms with Gasteiger partial charge in [-0.15, -0.1) is 0 Å². The maximum Gasteiger partial charge on any atom is 0.356 e. The van der Waals surface area contributed by atoms with Crippen LogP contribution in [-0.4, -0.2) is 35.6 Å². The third-order valence-corrected chi connectivity index (χ3v) is 5.49. The van der Waals surface area contributed by atoms with Gasteiger partial charge < -0.3 is 14.7 Å². The molecule has 3 unspecified atom stereocenters. The highest BCUT2D eigenvalue weighted by atomic mass is 16.6. The minimum absolute atomic E-state index is 0.0680. The van der Waals surface area contributed by atoms with Gasteiger partial charge in [0.2, 0.25) is 0 Å². The van der Waals surface area contributed by atoms with E-state index in [2.05, 4.69) is 25.9 Å². The highest BCUT2D eigenvalue weighted by molar-refractivity contribution is 6.37. The largest absolute Gasteiger partial charge is 0.461 e. The Labute approximate surface area is 143 Å². The zero-order valence-corrected chi connectivity index (χ0v) is 15.0. The van der Waals surface area contributed by atoms with E-state index in [-0.39, 0.29) is 30.6 Å². The number of cyclic esters (lactones) is 1. The lowest BCUT2D eigenvalue weighted by atomic mass is 9.66. The van der Waals surface area contributed by atoms with Crippen LogP contribution in [0.3, 0.4) is 0 Å². The molecule has 0 aromatic rings. The minimum atomic E-state index is -0.668. The fraction of sp³-hybridized carbons (Fsp3) is 0.833. The summed E-state index contributed by atoms with van der Waals surface area (Å²) in [5.41, 5.74) is -0.0894. The Kier molecular flexibility index (Phi) is 6.24. The minimum Gasteiger partial charge on any atom is -0.461 e. The van der Waals surface area contributed by atoms with Gasteiger partial charge in [0.05, 0.1) is 18.9 Å². The molecule has 1 N–H and O–H groups in total. The molecule has 24 heavy (non-hydrogen) atoms. The van der Waals surface area contributed by atoms with E-state index < -0.39 is 18.0 Å². The first-order chi connectivity index (χ1) is 11.4. The predicted octanol–water partition coefficient (Wildman–Crippen LogP) is 3.02. The molecule has 1 saturated carbocycles. The van der Waals surface area contributed by atoms with Gasteiger partial charge in [-0.1, -0.05) is 32.3 Å². The molecule has 1 aliphatic heterocycles. The van der Waals surface area contributed by atoms with Crippen LogP contribution in [0.5, 0.6) is 0 Å². The standard InChI is InChI=1S/C18H29NO5/c1-5-23-18(21)16(19-22)14-9-15(20)24-17(14)13-8-11(4)6-7-12(13)10(2)3/h10-14,17,22H,5-9H2,1-4H3/b19-16-/t11?,12?,13?,14-,17-/m0/s1. The lowest BCUT2D eigenvalue weighted by molar-refractivity contribution is -0.146. The number of rotatable bonds is 5. The summed E-state index contributed by atoms with van der Waals surface area (Å²) in [5.74, 6) is 0.104. The molecule has 0 bridgehead atoms. The summed E-state index contributed by atoms with van der Waals surface area (Å²) < 4.78 is 10.6. The first-order valence-corrected chi connectivity index (χ1v) is 8.97. The Morgan fingerprint density at radius 3 is 2.71 bits per heavy atom. The Morgan fingerprint density at radius 1 is 1.42 bits per heavy atom. The summed E-state index contributed by atoms with van der Waals surface area (Å²) in [6, 6.07) is 0. The molecular weight excluding hydrogens is 310 g/mol. The highest BCUT2D eigenvalue weighted by Gasteiger charge is 2.49. The number of oxime groups is 1. The van der Waals surface area contributed by atoms with E-state index in [1.54, 1.807) is 6.92 Å². The summed E-state index contributed by atoms with van der Waals surface area (Å²) in [6.07, 6.45) is 2.87. The van der Waals surface area contributed by atoms with Crippen LogP contribution in [0.4, 0.5) is 0 Å². The summed E-state index contributed by atoms with van der Waals surface area (Å²) in [5, 5.41) is 12.5. The molecular formula is C18H29NO5. The van der Waals surface area contributed by atoms with Crippen molar-refractivity contribution in [2.75, 3.05) is 6.61 Å². The third-order valence-electron chi connectivity index (χ3n) is 5.49. The number of carbonyl (C=O) groups is 2. The normalized spacial score (nSPS) is 34.3. The van der Waals surface area contributed by atoms with Crippen molar-refractivity contribution in [1.29, 1.82) is 0 Å². The summed E-state index contributed by atoms with van der Waals surface area (Å²) >= 11 is 0. The number of esters is 2. The van der Waals surface area contributed by atoms with Gasteiger partial charge in [-0.2, -0.15) is 0 Å². The van der Waals surface area contributed by atoms with E-state index in [4.69, 9.17) is 9.47 Å².